The summed E-state index contributed by atoms with van der Waals surface area (Å²) in [6.07, 6.45) is -1.46. The van der Waals surface area contributed by atoms with Gasteiger partial charge in [0.15, 0.2) is 6.61 Å². The molecule has 3 atom stereocenters. The van der Waals surface area contributed by atoms with Gasteiger partial charge in [-0.2, -0.15) is 0 Å². The Bertz CT molecular complexity index is 490. The molecule has 24 heavy (non-hydrogen) atoms. The van der Waals surface area contributed by atoms with Crippen molar-refractivity contribution in [3.05, 3.63) is 0 Å². The molecule has 0 saturated carbocycles. The molecule has 138 valence electrons. The van der Waals surface area contributed by atoms with Crippen molar-refractivity contribution < 1.29 is 24.2 Å². The lowest BCUT2D eigenvalue weighted by Crippen LogP contribution is -2.45. The van der Waals surface area contributed by atoms with Crippen LogP contribution >= 0.6 is 0 Å². The summed E-state index contributed by atoms with van der Waals surface area (Å²) in [6.45, 7) is 14.0. The van der Waals surface area contributed by atoms with E-state index in [1.807, 2.05) is 0 Å². The Morgan fingerprint density at radius 2 is 1.67 bits per heavy atom. The quantitative estimate of drug-likeness (QED) is 0.606. The molecule has 6 heteroatoms. The van der Waals surface area contributed by atoms with Gasteiger partial charge < -0.3 is 19.9 Å². The van der Waals surface area contributed by atoms with Crippen molar-refractivity contribution in [1.82, 2.24) is 5.32 Å². The summed E-state index contributed by atoms with van der Waals surface area (Å²) >= 11 is 0. The van der Waals surface area contributed by atoms with Crippen LogP contribution in [-0.4, -0.2) is 41.5 Å². The Hall–Kier alpha value is -1.74. The molecule has 0 aliphatic carbocycles. The molecule has 0 bridgehead atoms. The zero-order chi connectivity index (χ0) is 19.1. The minimum atomic E-state index is -0.872. The summed E-state index contributed by atoms with van der Waals surface area (Å²) in [5.41, 5.74) is -1.17. The molecule has 0 spiro atoms. The molecular weight excluding hydrogens is 310 g/mol. The molecule has 0 unspecified atom stereocenters. The first-order valence-corrected chi connectivity index (χ1v) is 8.07. The maximum Gasteiger partial charge on any atom is 0.407 e. The van der Waals surface area contributed by atoms with Gasteiger partial charge in [0.2, 0.25) is 0 Å². The van der Waals surface area contributed by atoms with Gasteiger partial charge in [0.05, 0.1) is 17.6 Å². The average Bonchev–Trinajstić information content (AvgIpc) is 2.38. The molecule has 0 fully saturated rings. The number of aliphatic hydroxyl groups excluding tert-OH is 1. The number of amides is 1. The van der Waals surface area contributed by atoms with Gasteiger partial charge >= 0.3 is 12.1 Å². The minimum Gasteiger partial charge on any atom is -0.452 e. The highest BCUT2D eigenvalue weighted by atomic mass is 16.6. The summed E-state index contributed by atoms with van der Waals surface area (Å²) in [6, 6.07) is -0.527. The van der Waals surface area contributed by atoms with Gasteiger partial charge in [-0.3, -0.25) is 4.79 Å². The van der Waals surface area contributed by atoms with Crippen LogP contribution in [0.15, 0.2) is 0 Å². The van der Waals surface area contributed by atoms with Gasteiger partial charge in [0.25, 0.3) is 0 Å². The van der Waals surface area contributed by atoms with Crippen molar-refractivity contribution in [3.63, 3.8) is 0 Å². The smallest absolute Gasteiger partial charge is 0.407 e. The number of nitrogens with one attached hydrogen (secondary N) is 1. The predicted octanol–water partition coefficient (Wildman–Crippen LogP) is 2.49. The van der Waals surface area contributed by atoms with Crippen molar-refractivity contribution in [3.8, 4) is 11.8 Å². The molecule has 0 aromatic heterocycles. The first-order chi connectivity index (χ1) is 10.7. The van der Waals surface area contributed by atoms with Crippen LogP contribution in [0.5, 0.6) is 0 Å². The van der Waals surface area contributed by atoms with Crippen molar-refractivity contribution in [1.29, 1.82) is 0 Å². The van der Waals surface area contributed by atoms with E-state index in [1.54, 1.807) is 55.4 Å². The molecule has 2 N–H and O–H groups in total. The molecule has 0 saturated heterocycles. The molecule has 0 aliphatic rings. The second kappa shape index (κ2) is 8.93. The summed E-state index contributed by atoms with van der Waals surface area (Å²) < 4.78 is 10.2. The van der Waals surface area contributed by atoms with Crippen LogP contribution in [0.4, 0.5) is 4.79 Å². The lowest BCUT2D eigenvalue weighted by Gasteiger charge is -2.25. The molecule has 1 amide bonds. The van der Waals surface area contributed by atoms with Crippen LogP contribution in [0.3, 0.4) is 0 Å². The summed E-state index contributed by atoms with van der Waals surface area (Å²) in [5, 5.41) is 12.8. The number of alkyl carbamates (subject to hydrolysis) is 1. The molecule has 0 aromatic rings. The monoisotopic (exact) mass is 341 g/mol. The van der Waals surface area contributed by atoms with Gasteiger partial charge in [-0.1, -0.05) is 11.8 Å². The fourth-order valence-electron chi connectivity index (χ4n) is 1.62. The van der Waals surface area contributed by atoms with Crippen LogP contribution in [0, 0.1) is 23.2 Å². The van der Waals surface area contributed by atoms with Gasteiger partial charge in [-0.05, 0) is 55.4 Å². The first-order valence-electron chi connectivity index (χ1n) is 8.07. The molecule has 0 radical (unpaired) electrons. The Balaban J connectivity index is 4.41. The topological polar surface area (TPSA) is 84.9 Å². The SMILES string of the molecule is C[C@@H](C#CCOC(=O)C(C)(C)C)[C@H](O)[C@@H](C)NC(=O)OC(C)(C)C. The molecule has 0 heterocycles. The Labute approximate surface area is 145 Å². The van der Waals surface area contributed by atoms with Crippen molar-refractivity contribution in [2.45, 2.75) is 73.1 Å². The van der Waals surface area contributed by atoms with E-state index in [-0.39, 0.29) is 12.6 Å². The summed E-state index contributed by atoms with van der Waals surface area (Å²) in [5.74, 6) is 4.81. The number of ether oxygens (including phenoxy) is 2. The van der Waals surface area contributed by atoms with Crippen LogP contribution in [0.2, 0.25) is 0 Å². The standard InChI is InChI=1S/C18H31NO5/c1-12(10-9-11-23-15(21)17(3,4)5)14(20)13(2)19-16(22)24-18(6,7)8/h12-14,20H,11H2,1-8H3,(H,19,22)/t12-,13+,14-/m0/s1. The Morgan fingerprint density at radius 1 is 1.12 bits per heavy atom. The summed E-state index contributed by atoms with van der Waals surface area (Å²) in [4.78, 5) is 23.3. The molecule has 6 nitrogen and oxygen atoms in total. The van der Waals surface area contributed by atoms with E-state index >= 15 is 0 Å². The number of esters is 1. The number of carbonyl (C=O) groups is 2. The third kappa shape index (κ3) is 9.41. The zero-order valence-electron chi connectivity index (χ0n) is 16.0. The molecule has 0 rings (SSSR count). The molecule has 0 aromatic carbocycles. The van der Waals surface area contributed by atoms with Gasteiger partial charge in [0.1, 0.15) is 5.60 Å². The van der Waals surface area contributed by atoms with Crippen molar-refractivity contribution >= 4 is 12.1 Å². The average molecular weight is 341 g/mol. The van der Waals surface area contributed by atoms with Crippen LogP contribution < -0.4 is 5.32 Å². The number of rotatable bonds is 4. The lowest BCUT2D eigenvalue weighted by molar-refractivity contribution is -0.151. The number of carbonyl (C=O) groups excluding carboxylic acids is 2. The fraction of sp³-hybridized carbons (Fsp3) is 0.778. The highest BCUT2D eigenvalue weighted by molar-refractivity contribution is 5.75. The maximum atomic E-state index is 11.7. The molecule has 0 aliphatic heterocycles. The van der Waals surface area contributed by atoms with Gasteiger partial charge in [-0.25, -0.2) is 4.79 Å². The van der Waals surface area contributed by atoms with E-state index in [9.17, 15) is 14.7 Å². The van der Waals surface area contributed by atoms with Crippen molar-refractivity contribution in [2.75, 3.05) is 6.61 Å². The van der Waals surface area contributed by atoms with Gasteiger partial charge in [0, 0.05) is 5.92 Å². The van der Waals surface area contributed by atoms with E-state index in [0.717, 1.165) is 0 Å². The van der Waals surface area contributed by atoms with E-state index in [1.165, 1.54) is 0 Å². The maximum absolute atomic E-state index is 11.7. The van der Waals surface area contributed by atoms with Crippen LogP contribution in [0.25, 0.3) is 0 Å². The highest BCUT2D eigenvalue weighted by Gasteiger charge is 2.24. The van der Waals surface area contributed by atoms with E-state index in [2.05, 4.69) is 17.2 Å². The van der Waals surface area contributed by atoms with Crippen LogP contribution in [0.1, 0.15) is 55.4 Å². The van der Waals surface area contributed by atoms with Gasteiger partial charge in [-0.15, -0.1) is 0 Å². The third-order valence-corrected chi connectivity index (χ3v) is 2.99. The lowest BCUT2D eigenvalue weighted by atomic mass is 9.97. The van der Waals surface area contributed by atoms with Crippen molar-refractivity contribution in [2.24, 2.45) is 11.3 Å². The van der Waals surface area contributed by atoms with Crippen LogP contribution in [-0.2, 0) is 14.3 Å². The van der Waals surface area contributed by atoms with E-state index < -0.39 is 35.2 Å². The Morgan fingerprint density at radius 3 is 2.12 bits per heavy atom. The second-order valence-corrected chi connectivity index (χ2v) is 7.86. The number of hydrogen-bond acceptors (Lipinski definition) is 5. The zero-order valence-corrected chi connectivity index (χ0v) is 16.0. The van der Waals surface area contributed by atoms with E-state index in [0.29, 0.717) is 0 Å². The predicted molar refractivity (Wildman–Crippen MR) is 92.2 cm³/mol. The fourth-order valence-corrected chi connectivity index (χ4v) is 1.62. The number of aliphatic hydroxyl groups is 1. The second-order valence-electron chi connectivity index (χ2n) is 7.86. The molecular formula is C18H31NO5. The first kappa shape index (κ1) is 22.3. The number of hydrogen-bond donors (Lipinski definition) is 2. The normalized spacial score (nSPS) is 15.4. The Kier molecular flexibility index (Phi) is 8.28. The minimum absolute atomic E-state index is 0.0267. The third-order valence-electron chi connectivity index (χ3n) is 2.99. The van der Waals surface area contributed by atoms with E-state index in [4.69, 9.17) is 9.47 Å². The summed E-state index contributed by atoms with van der Waals surface area (Å²) in [7, 11) is 0. The highest BCUT2D eigenvalue weighted by Crippen LogP contribution is 2.14. The largest absolute Gasteiger partial charge is 0.452 e.